The molecule has 2 aromatic carbocycles. The number of carbonyl (C=O) groups is 2. The van der Waals surface area contributed by atoms with Crippen LogP contribution in [0.4, 0.5) is 0 Å². The summed E-state index contributed by atoms with van der Waals surface area (Å²) in [6.45, 7) is 0.790. The summed E-state index contributed by atoms with van der Waals surface area (Å²) in [4.78, 5) is 25.9. The van der Waals surface area contributed by atoms with E-state index in [0.717, 1.165) is 16.7 Å². The second kappa shape index (κ2) is 8.83. The molecule has 3 rings (SSSR count). The third-order valence-corrected chi connectivity index (χ3v) is 5.01. The quantitative estimate of drug-likeness (QED) is 0.638. The first-order valence-corrected chi connectivity index (χ1v) is 9.23. The Kier molecular flexibility index (Phi) is 6.23. The maximum atomic E-state index is 12.8. The summed E-state index contributed by atoms with van der Waals surface area (Å²) in [5.74, 6) is -0.318. The number of amides is 2. The van der Waals surface area contributed by atoms with Crippen LogP contribution in [0, 0.1) is 0 Å². The number of aromatic hydroxyl groups is 1. The first-order chi connectivity index (χ1) is 13.9. The second-order valence-corrected chi connectivity index (χ2v) is 6.93. The van der Waals surface area contributed by atoms with Crippen molar-refractivity contribution < 1.29 is 24.2 Å². The van der Waals surface area contributed by atoms with Crippen LogP contribution in [0.2, 0.25) is 0 Å². The Hall–Kier alpha value is -3.26. The summed E-state index contributed by atoms with van der Waals surface area (Å²) in [5.41, 5.74) is 8.23. The first-order valence-electron chi connectivity index (χ1n) is 9.23. The van der Waals surface area contributed by atoms with E-state index in [2.05, 4.69) is 5.32 Å². The number of benzene rings is 2. The van der Waals surface area contributed by atoms with Gasteiger partial charge in [-0.2, -0.15) is 0 Å². The predicted octanol–water partition coefficient (Wildman–Crippen LogP) is 0.938. The van der Waals surface area contributed by atoms with Gasteiger partial charge in [-0.15, -0.1) is 0 Å². The molecule has 29 heavy (non-hydrogen) atoms. The highest BCUT2D eigenvalue weighted by molar-refractivity contribution is 5.87. The summed E-state index contributed by atoms with van der Waals surface area (Å²) in [5, 5.41) is 12.7. The van der Waals surface area contributed by atoms with Gasteiger partial charge in [0.25, 0.3) is 0 Å². The molecule has 0 bridgehead atoms. The average Bonchev–Trinajstić information content (AvgIpc) is 2.72. The van der Waals surface area contributed by atoms with Crippen LogP contribution < -0.4 is 20.5 Å². The number of hydrogen-bond donors (Lipinski definition) is 3. The van der Waals surface area contributed by atoms with E-state index < -0.39 is 11.9 Å². The Balaban J connectivity index is 1.90. The van der Waals surface area contributed by atoms with E-state index in [0.29, 0.717) is 31.0 Å². The van der Waals surface area contributed by atoms with Gasteiger partial charge in [-0.25, -0.2) is 0 Å². The summed E-state index contributed by atoms with van der Waals surface area (Å²) >= 11 is 0. The zero-order chi connectivity index (χ0) is 21.0. The van der Waals surface area contributed by atoms with Crippen molar-refractivity contribution in [1.29, 1.82) is 0 Å². The average molecular weight is 399 g/mol. The van der Waals surface area contributed by atoms with Crippen LogP contribution in [-0.2, 0) is 29.1 Å². The molecule has 0 spiro atoms. The summed E-state index contributed by atoms with van der Waals surface area (Å²) in [6.07, 6.45) is 0.521. The Morgan fingerprint density at radius 3 is 2.38 bits per heavy atom. The molecule has 8 nitrogen and oxygen atoms in total. The molecule has 0 aromatic heterocycles. The fraction of sp³-hybridized carbons (Fsp3) is 0.333. The molecule has 0 aliphatic carbocycles. The van der Waals surface area contributed by atoms with Gasteiger partial charge >= 0.3 is 0 Å². The second-order valence-electron chi connectivity index (χ2n) is 6.93. The van der Waals surface area contributed by atoms with Crippen molar-refractivity contribution in [2.45, 2.75) is 25.6 Å². The lowest BCUT2D eigenvalue weighted by atomic mass is 9.93. The van der Waals surface area contributed by atoms with E-state index in [1.807, 2.05) is 29.2 Å². The Bertz CT molecular complexity index is 890. The molecule has 1 aliphatic heterocycles. The standard InChI is InChI=1S/C21H25N3O5/c1-28-17-7-13(8-18(29-2)20(17)26)11-24-12-15-6-4-3-5-14(15)9-16(24)21(27)23-10-19(22)25/h3-8,16,26H,9-12H2,1-2H3,(H2,22,25)(H,23,27). The van der Waals surface area contributed by atoms with Crippen LogP contribution in [0.5, 0.6) is 17.2 Å². The van der Waals surface area contributed by atoms with Gasteiger partial charge in [0.1, 0.15) is 0 Å². The minimum Gasteiger partial charge on any atom is -0.502 e. The maximum absolute atomic E-state index is 12.8. The van der Waals surface area contributed by atoms with E-state index in [1.165, 1.54) is 14.2 Å². The number of phenols is 1. The highest BCUT2D eigenvalue weighted by atomic mass is 16.5. The first kappa shape index (κ1) is 20.5. The van der Waals surface area contributed by atoms with Crippen LogP contribution in [0.15, 0.2) is 36.4 Å². The predicted molar refractivity (Wildman–Crippen MR) is 107 cm³/mol. The zero-order valence-electron chi connectivity index (χ0n) is 16.5. The van der Waals surface area contributed by atoms with Gasteiger partial charge in [-0.1, -0.05) is 24.3 Å². The lowest BCUT2D eigenvalue weighted by Gasteiger charge is -2.36. The van der Waals surface area contributed by atoms with Crippen molar-refractivity contribution >= 4 is 11.8 Å². The van der Waals surface area contributed by atoms with Crippen LogP contribution in [0.1, 0.15) is 16.7 Å². The number of ether oxygens (including phenoxy) is 2. The van der Waals surface area contributed by atoms with Crippen molar-refractivity contribution in [3.8, 4) is 17.2 Å². The van der Waals surface area contributed by atoms with E-state index in [-0.39, 0.29) is 18.2 Å². The number of nitrogens with one attached hydrogen (secondary N) is 1. The Morgan fingerprint density at radius 1 is 1.17 bits per heavy atom. The lowest BCUT2D eigenvalue weighted by Crippen LogP contribution is -2.51. The van der Waals surface area contributed by atoms with Gasteiger partial charge < -0.3 is 25.6 Å². The molecule has 1 heterocycles. The van der Waals surface area contributed by atoms with Gasteiger partial charge in [0.05, 0.1) is 26.8 Å². The van der Waals surface area contributed by atoms with Gasteiger partial charge in [0, 0.05) is 13.1 Å². The number of phenolic OH excluding ortho intramolecular Hbond substituents is 1. The third kappa shape index (κ3) is 4.60. The van der Waals surface area contributed by atoms with Gasteiger partial charge in [-0.05, 0) is 35.2 Å². The van der Waals surface area contributed by atoms with Crippen molar-refractivity contribution in [3.05, 3.63) is 53.1 Å². The third-order valence-electron chi connectivity index (χ3n) is 5.01. The Labute approximate surface area is 169 Å². The molecular weight excluding hydrogens is 374 g/mol. The van der Waals surface area contributed by atoms with Crippen molar-refractivity contribution in [3.63, 3.8) is 0 Å². The number of carbonyl (C=O) groups excluding carboxylic acids is 2. The normalized spacial score (nSPS) is 16.0. The number of hydrogen-bond acceptors (Lipinski definition) is 6. The fourth-order valence-corrected chi connectivity index (χ4v) is 3.57. The summed E-state index contributed by atoms with van der Waals surface area (Å²) in [6, 6.07) is 10.9. The molecule has 154 valence electrons. The van der Waals surface area contributed by atoms with Gasteiger partial charge in [0.2, 0.25) is 17.6 Å². The number of rotatable bonds is 7. The minimum absolute atomic E-state index is 0.0708. The summed E-state index contributed by atoms with van der Waals surface area (Å²) in [7, 11) is 2.94. The van der Waals surface area contributed by atoms with E-state index in [9.17, 15) is 14.7 Å². The molecule has 0 fully saturated rings. The monoisotopic (exact) mass is 399 g/mol. The molecule has 0 saturated heterocycles. The van der Waals surface area contributed by atoms with Crippen LogP contribution in [0.25, 0.3) is 0 Å². The zero-order valence-corrected chi connectivity index (χ0v) is 16.5. The molecule has 1 atom stereocenters. The smallest absolute Gasteiger partial charge is 0.238 e. The molecule has 4 N–H and O–H groups in total. The summed E-state index contributed by atoms with van der Waals surface area (Å²) < 4.78 is 10.5. The van der Waals surface area contributed by atoms with Gasteiger partial charge in [-0.3, -0.25) is 14.5 Å². The number of nitrogens with two attached hydrogens (primary N) is 1. The largest absolute Gasteiger partial charge is 0.502 e. The number of primary amides is 1. The lowest BCUT2D eigenvalue weighted by molar-refractivity contribution is -0.129. The van der Waals surface area contributed by atoms with Crippen molar-refractivity contribution in [2.24, 2.45) is 5.73 Å². The molecule has 8 heteroatoms. The van der Waals surface area contributed by atoms with Crippen LogP contribution in [0.3, 0.4) is 0 Å². The van der Waals surface area contributed by atoms with Crippen molar-refractivity contribution in [2.75, 3.05) is 20.8 Å². The highest BCUT2D eigenvalue weighted by Crippen LogP contribution is 2.38. The molecular formula is C21H25N3O5. The van der Waals surface area contributed by atoms with Crippen LogP contribution >= 0.6 is 0 Å². The van der Waals surface area contributed by atoms with Crippen LogP contribution in [-0.4, -0.2) is 48.6 Å². The number of nitrogens with zero attached hydrogens (tertiary/aromatic N) is 1. The molecule has 1 aliphatic rings. The fourth-order valence-electron chi connectivity index (χ4n) is 3.57. The molecule has 0 saturated carbocycles. The Morgan fingerprint density at radius 2 is 1.79 bits per heavy atom. The minimum atomic E-state index is -0.589. The molecule has 2 amide bonds. The maximum Gasteiger partial charge on any atom is 0.238 e. The molecule has 1 unspecified atom stereocenters. The number of methoxy groups -OCH3 is 2. The SMILES string of the molecule is COc1cc(CN2Cc3ccccc3CC2C(=O)NCC(N)=O)cc(OC)c1O. The molecule has 0 radical (unpaired) electrons. The van der Waals surface area contributed by atoms with E-state index in [4.69, 9.17) is 15.2 Å². The highest BCUT2D eigenvalue weighted by Gasteiger charge is 2.31. The van der Waals surface area contributed by atoms with Gasteiger partial charge in [0.15, 0.2) is 11.5 Å². The molecule has 2 aromatic rings. The van der Waals surface area contributed by atoms with E-state index in [1.54, 1.807) is 12.1 Å². The number of fused-ring (bicyclic) bond motifs is 1. The van der Waals surface area contributed by atoms with Crippen molar-refractivity contribution in [1.82, 2.24) is 10.2 Å². The van der Waals surface area contributed by atoms with E-state index >= 15 is 0 Å². The topological polar surface area (TPSA) is 114 Å².